The molecule has 1 saturated carbocycles. The zero-order valence-corrected chi connectivity index (χ0v) is 13.4. The van der Waals surface area contributed by atoms with Crippen molar-refractivity contribution in [1.82, 2.24) is 10.3 Å². The SMILES string of the molecule is CC1(NC(=O)c2cc(F)cc3cccnc23)CCCCC1C(=O)O. The second-order valence-electron chi connectivity index (χ2n) is 6.54. The minimum absolute atomic E-state index is 0.126. The van der Waals surface area contributed by atoms with E-state index in [-0.39, 0.29) is 5.56 Å². The number of amides is 1. The molecule has 0 bridgehead atoms. The van der Waals surface area contributed by atoms with Crippen LogP contribution in [0.5, 0.6) is 0 Å². The third kappa shape index (κ3) is 2.96. The first kappa shape index (κ1) is 16.4. The van der Waals surface area contributed by atoms with Gasteiger partial charge in [-0.3, -0.25) is 14.6 Å². The highest BCUT2D eigenvalue weighted by atomic mass is 19.1. The molecule has 2 atom stereocenters. The maximum Gasteiger partial charge on any atom is 0.308 e. The van der Waals surface area contributed by atoms with Crippen molar-refractivity contribution in [2.45, 2.75) is 38.1 Å². The summed E-state index contributed by atoms with van der Waals surface area (Å²) in [5, 5.41) is 12.8. The zero-order valence-electron chi connectivity index (χ0n) is 13.4. The molecule has 1 aliphatic carbocycles. The molecule has 3 rings (SSSR count). The molecule has 5 nitrogen and oxygen atoms in total. The maximum absolute atomic E-state index is 13.8. The van der Waals surface area contributed by atoms with Gasteiger partial charge in [0.2, 0.25) is 0 Å². The summed E-state index contributed by atoms with van der Waals surface area (Å²) in [5.41, 5.74) is -0.321. The van der Waals surface area contributed by atoms with Gasteiger partial charge in [0.15, 0.2) is 0 Å². The molecule has 0 aliphatic heterocycles. The van der Waals surface area contributed by atoms with Crippen LogP contribution in [-0.2, 0) is 4.79 Å². The quantitative estimate of drug-likeness (QED) is 0.906. The zero-order chi connectivity index (χ0) is 17.3. The second kappa shape index (κ2) is 6.19. The molecule has 2 unspecified atom stereocenters. The number of carboxylic acids is 1. The largest absolute Gasteiger partial charge is 0.481 e. The number of rotatable bonds is 3. The topological polar surface area (TPSA) is 79.3 Å². The third-order valence-electron chi connectivity index (χ3n) is 4.82. The van der Waals surface area contributed by atoms with E-state index in [1.54, 1.807) is 25.3 Å². The van der Waals surface area contributed by atoms with Crippen LogP contribution < -0.4 is 5.32 Å². The molecule has 2 aromatic rings. The molecule has 2 N–H and O–H groups in total. The monoisotopic (exact) mass is 330 g/mol. The fraction of sp³-hybridized carbons (Fsp3) is 0.389. The minimum Gasteiger partial charge on any atom is -0.481 e. The van der Waals surface area contributed by atoms with E-state index in [4.69, 9.17) is 0 Å². The van der Waals surface area contributed by atoms with E-state index in [1.807, 2.05) is 0 Å². The predicted molar refractivity (Wildman–Crippen MR) is 87.2 cm³/mol. The molecule has 0 saturated heterocycles. The number of nitrogens with one attached hydrogen (secondary N) is 1. The Hall–Kier alpha value is -2.50. The Balaban J connectivity index is 1.96. The molecule has 0 radical (unpaired) electrons. The average molecular weight is 330 g/mol. The highest BCUT2D eigenvalue weighted by Crippen LogP contribution is 2.34. The molecule has 126 valence electrons. The van der Waals surface area contributed by atoms with Crippen molar-refractivity contribution in [1.29, 1.82) is 0 Å². The number of benzene rings is 1. The number of carboxylic acid groups (broad SMARTS) is 1. The Morgan fingerprint density at radius 3 is 2.92 bits per heavy atom. The summed E-state index contributed by atoms with van der Waals surface area (Å²) in [6.45, 7) is 1.75. The number of aromatic nitrogens is 1. The Kier molecular flexibility index (Phi) is 4.22. The van der Waals surface area contributed by atoms with E-state index in [2.05, 4.69) is 10.3 Å². The number of pyridine rings is 1. The van der Waals surface area contributed by atoms with Crippen LogP contribution >= 0.6 is 0 Å². The Morgan fingerprint density at radius 1 is 1.38 bits per heavy atom. The number of hydrogen-bond donors (Lipinski definition) is 2. The van der Waals surface area contributed by atoms with Crippen molar-refractivity contribution in [2.75, 3.05) is 0 Å². The lowest BCUT2D eigenvalue weighted by Crippen LogP contribution is -2.55. The number of carbonyl (C=O) groups excluding carboxylic acids is 1. The summed E-state index contributed by atoms with van der Waals surface area (Å²) in [7, 11) is 0. The standard InChI is InChI=1S/C18H19FN2O3/c1-18(7-3-2-6-14(18)17(23)24)21-16(22)13-10-12(19)9-11-5-4-8-20-15(11)13/h4-5,8-10,14H,2-3,6-7H2,1H3,(H,21,22)(H,23,24). The fourth-order valence-electron chi connectivity index (χ4n) is 3.53. The first-order chi connectivity index (χ1) is 11.4. The molecule has 1 aliphatic rings. The number of halogens is 1. The molecule has 1 aromatic carbocycles. The molecule has 0 spiro atoms. The van der Waals surface area contributed by atoms with Gasteiger partial charge in [-0.2, -0.15) is 0 Å². The van der Waals surface area contributed by atoms with Crippen molar-refractivity contribution < 1.29 is 19.1 Å². The van der Waals surface area contributed by atoms with Gasteiger partial charge in [0.25, 0.3) is 5.91 Å². The molecule has 1 amide bonds. The van der Waals surface area contributed by atoms with E-state index in [0.29, 0.717) is 23.7 Å². The fourth-order valence-corrected chi connectivity index (χ4v) is 3.53. The highest BCUT2D eigenvalue weighted by Gasteiger charge is 2.42. The number of carbonyl (C=O) groups is 2. The predicted octanol–water partition coefficient (Wildman–Crippen LogP) is 3.14. The molecular weight excluding hydrogens is 311 g/mol. The smallest absolute Gasteiger partial charge is 0.308 e. The summed E-state index contributed by atoms with van der Waals surface area (Å²) in [6.07, 6.45) is 4.32. The maximum atomic E-state index is 13.8. The van der Waals surface area contributed by atoms with Gasteiger partial charge in [-0.05, 0) is 38.0 Å². The van der Waals surface area contributed by atoms with Crippen molar-refractivity contribution in [2.24, 2.45) is 5.92 Å². The van der Waals surface area contributed by atoms with Gasteiger partial charge in [-0.25, -0.2) is 4.39 Å². The van der Waals surface area contributed by atoms with Crippen molar-refractivity contribution in [3.8, 4) is 0 Å². The van der Waals surface area contributed by atoms with Crippen LogP contribution in [0.15, 0.2) is 30.5 Å². The number of aliphatic carboxylic acids is 1. The van der Waals surface area contributed by atoms with E-state index >= 15 is 0 Å². The van der Waals surface area contributed by atoms with Crippen molar-refractivity contribution in [3.63, 3.8) is 0 Å². The van der Waals surface area contributed by atoms with Crippen LogP contribution in [0.3, 0.4) is 0 Å². The average Bonchev–Trinajstić information content (AvgIpc) is 2.53. The first-order valence-corrected chi connectivity index (χ1v) is 8.00. The van der Waals surface area contributed by atoms with Gasteiger partial charge in [0, 0.05) is 11.6 Å². The van der Waals surface area contributed by atoms with Gasteiger partial charge in [-0.15, -0.1) is 0 Å². The van der Waals surface area contributed by atoms with Gasteiger partial charge >= 0.3 is 5.97 Å². The van der Waals surface area contributed by atoms with Crippen molar-refractivity contribution in [3.05, 3.63) is 41.8 Å². The highest BCUT2D eigenvalue weighted by molar-refractivity contribution is 6.05. The lowest BCUT2D eigenvalue weighted by atomic mass is 9.73. The third-order valence-corrected chi connectivity index (χ3v) is 4.82. The second-order valence-corrected chi connectivity index (χ2v) is 6.54. The van der Waals surface area contributed by atoms with E-state index in [9.17, 15) is 19.1 Å². The summed E-state index contributed by atoms with van der Waals surface area (Å²) in [4.78, 5) is 28.4. The van der Waals surface area contributed by atoms with Crippen molar-refractivity contribution >= 4 is 22.8 Å². The normalized spacial score (nSPS) is 23.8. The van der Waals surface area contributed by atoms with E-state index in [0.717, 1.165) is 18.9 Å². The molecule has 6 heteroatoms. The van der Waals surface area contributed by atoms with Crippen LogP contribution in [0.4, 0.5) is 4.39 Å². The number of hydrogen-bond acceptors (Lipinski definition) is 3. The molecule has 1 aromatic heterocycles. The lowest BCUT2D eigenvalue weighted by Gasteiger charge is -2.39. The summed E-state index contributed by atoms with van der Waals surface area (Å²) < 4.78 is 13.8. The molecule has 24 heavy (non-hydrogen) atoms. The molecular formula is C18H19FN2O3. The van der Waals surface area contributed by atoms with Crippen LogP contribution in [0.1, 0.15) is 43.0 Å². The Labute approximate surface area is 138 Å². The van der Waals surface area contributed by atoms with Gasteiger partial charge in [0.1, 0.15) is 5.82 Å². The molecule has 1 fully saturated rings. The van der Waals surface area contributed by atoms with Crippen LogP contribution in [0, 0.1) is 11.7 Å². The van der Waals surface area contributed by atoms with E-state index in [1.165, 1.54) is 6.07 Å². The van der Waals surface area contributed by atoms with Crippen LogP contribution in [0.25, 0.3) is 10.9 Å². The van der Waals surface area contributed by atoms with E-state index < -0.39 is 29.2 Å². The van der Waals surface area contributed by atoms with Gasteiger partial charge in [0.05, 0.1) is 22.5 Å². The number of fused-ring (bicyclic) bond motifs is 1. The summed E-state index contributed by atoms with van der Waals surface area (Å²) in [5.74, 6) is -2.58. The minimum atomic E-state index is -0.917. The molecule has 1 heterocycles. The Morgan fingerprint density at radius 2 is 2.17 bits per heavy atom. The summed E-state index contributed by atoms with van der Waals surface area (Å²) >= 11 is 0. The Bertz CT molecular complexity index is 808. The lowest BCUT2D eigenvalue weighted by molar-refractivity contribution is -0.145. The van der Waals surface area contributed by atoms with Gasteiger partial charge < -0.3 is 10.4 Å². The van der Waals surface area contributed by atoms with Crippen LogP contribution in [0.2, 0.25) is 0 Å². The number of nitrogens with zero attached hydrogens (tertiary/aromatic N) is 1. The van der Waals surface area contributed by atoms with Crippen LogP contribution in [-0.4, -0.2) is 27.5 Å². The van der Waals surface area contributed by atoms with Gasteiger partial charge in [-0.1, -0.05) is 18.9 Å². The first-order valence-electron chi connectivity index (χ1n) is 8.00. The summed E-state index contributed by atoms with van der Waals surface area (Å²) in [6, 6.07) is 5.82.